The molecule has 8 heteroatoms. The smallest absolute Gasteiger partial charge is 0.317 e. The van der Waals surface area contributed by atoms with E-state index in [2.05, 4.69) is 5.32 Å². The van der Waals surface area contributed by atoms with Crippen LogP contribution in [0.25, 0.3) is 0 Å². The number of amides is 1. The minimum atomic E-state index is -1.20. The van der Waals surface area contributed by atoms with Crippen molar-refractivity contribution >= 4 is 17.8 Å². The zero-order valence-electron chi connectivity index (χ0n) is 10.9. The molecule has 0 saturated heterocycles. The molecule has 0 fully saturated rings. The largest absolute Gasteiger partial charge is 0.480 e. The number of hydrogen-bond donors (Lipinski definition) is 3. The third-order valence-corrected chi connectivity index (χ3v) is 2.62. The summed E-state index contributed by atoms with van der Waals surface area (Å²) in [6.45, 7) is 0.552. The van der Waals surface area contributed by atoms with Crippen LogP contribution in [0.4, 0.5) is 0 Å². The molecule has 0 spiro atoms. The van der Waals surface area contributed by atoms with Gasteiger partial charge in [-0.25, -0.2) is 0 Å². The number of nitrogens with one attached hydrogen (secondary N) is 1. The number of carboxylic acids is 2. The number of furan rings is 1. The molecule has 1 amide bonds. The van der Waals surface area contributed by atoms with Gasteiger partial charge in [-0.2, -0.15) is 0 Å². The lowest BCUT2D eigenvalue weighted by Crippen LogP contribution is -2.48. The summed E-state index contributed by atoms with van der Waals surface area (Å²) >= 11 is 0. The fraction of sp³-hybridized carbons (Fsp3) is 0.417. The molecule has 0 bridgehead atoms. The van der Waals surface area contributed by atoms with Crippen LogP contribution in [0.1, 0.15) is 12.7 Å². The maximum atomic E-state index is 11.9. The Morgan fingerprint density at radius 1 is 1.30 bits per heavy atom. The summed E-state index contributed by atoms with van der Waals surface area (Å²) in [5.74, 6) is -2.31. The fourth-order valence-corrected chi connectivity index (χ4v) is 1.58. The van der Waals surface area contributed by atoms with Crippen LogP contribution in [0.15, 0.2) is 22.8 Å². The Morgan fingerprint density at radius 2 is 1.90 bits per heavy atom. The quantitative estimate of drug-likeness (QED) is 0.602. The van der Waals surface area contributed by atoms with E-state index < -0.39 is 37.0 Å². The SMILES string of the molecule is CC(C(=O)NCc1ccco1)N(CC(=O)O)CC(=O)O. The Morgan fingerprint density at radius 3 is 2.35 bits per heavy atom. The van der Waals surface area contributed by atoms with Gasteiger partial charge in [0.25, 0.3) is 0 Å². The highest BCUT2D eigenvalue weighted by Gasteiger charge is 2.25. The van der Waals surface area contributed by atoms with E-state index in [1.165, 1.54) is 13.2 Å². The second-order valence-electron chi connectivity index (χ2n) is 4.17. The number of aliphatic carboxylic acids is 2. The molecular weight excluding hydrogens is 268 g/mol. The van der Waals surface area contributed by atoms with Gasteiger partial charge < -0.3 is 19.9 Å². The molecule has 1 aromatic heterocycles. The van der Waals surface area contributed by atoms with Crippen molar-refractivity contribution in [2.75, 3.05) is 13.1 Å². The van der Waals surface area contributed by atoms with E-state index in [1.54, 1.807) is 12.1 Å². The van der Waals surface area contributed by atoms with E-state index in [1.807, 2.05) is 0 Å². The molecule has 0 aromatic carbocycles. The van der Waals surface area contributed by atoms with E-state index in [0.717, 1.165) is 4.90 Å². The number of carbonyl (C=O) groups is 3. The van der Waals surface area contributed by atoms with Crippen LogP contribution in [0.3, 0.4) is 0 Å². The predicted molar refractivity (Wildman–Crippen MR) is 66.9 cm³/mol. The van der Waals surface area contributed by atoms with E-state index in [0.29, 0.717) is 5.76 Å². The first kappa shape index (κ1) is 15.7. The average molecular weight is 284 g/mol. The predicted octanol–water partition coefficient (Wildman–Crippen LogP) is -0.244. The van der Waals surface area contributed by atoms with E-state index in [4.69, 9.17) is 14.6 Å². The second-order valence-corrected chi connectivity index (χ2v) is 4.17. The van der Waals surface area contributed by atoms with Crippen molar-refractivity contribution < 1.29 is 29.0 Å². The summed E-state index contributed by atoms with van der Waals surface area (Å²) in [6.07, 6.45) is 1.46. The Labute approximate surface area is 115 Å². The maximum absolute atomic E-state index is 11.9. The maximum Gasteiger partial charge on any atom is 0.317 e. The summed E-state index contributed by atoms with van der Waals surface area (Å²) in [5, 5.41) is 20.0. The first-order chi connectivity index (χ1) is 9.40. The van der Waals surface area contributed by atoms with Crippen molar-refractivity contribution in [3.8, 4) is 0 Å². The van der Waals surface area contributed by atoms with Crippen LogP contribution in [0, 0.1) is 0 Å². The Hall–Kier alpha value is -2.35. The molecule has 20 heavy (non-hydrogen) atoms. The number of rotatable bonds is 8. The third-order valence-electron chi connectivity index (χ3n) is 2.62. The number of carboxylic acid groups (broad SMARTS) is 2. The van der Waals surface area contributed by atoms with Crippen molar-refractivity contribution in [2.45, 2.75) is 19.5 Å². The van der Waals surface area contributed by atoms with Gasteiger partial charge in [0.15, 0.2) is 0 Å². The van der Waals surface area contributed by atoms with Gasteiger partial charge in [-0.3, -0.25) is 19.3 Å². The lowest BCUT2D eigenvalue weighted by atomic mass is 10.2. The number of carbonyl (C=O) groups excluding carboxylic acids is 1. The highest BCUT2D eigenvalue weighted by Crippen LogP contribution is 2.02. The van der Waals surface area contributed by atoms with Crippen LogP contribution in [0.5, 0.6) is 0 Å². The van der Waals surface area contributed by atoms with Gasteiger partial charge >= 0.3 is 11.9 Å². The molecule has 0 saturated carbocycles. The van der Waals surface area contributed by atoms with Crippen molar-refractivity contribution in [1.82, 2.24) is 10.2 Å². The van der Waals surface area contributed by atoms with Gasteiger partial charge in [0, 0.05) is 0 Å². The Balaban J connectivity index is 2.57. The molecule has 0 aliphatic rings. The lowest BCUT2D eigenvalue weighted by Gasteiger charge is -2.24. The van der Waals surface area contributed by atoms with E-state index >= 15 is 0 Å². The zero-order valence-corrected chi connectivity index (χ0v) is 10.9. The Bertz CT molecular complexity index is 454. The molecule has 0 aliphatic heterocycles. The molecule has 1 aromatic rings. The fourth-order valence-electron chi connectivity index (χ4n) is 1.58. The van der Waals surface area contributed by atoms with Crippen LogP contribution < -0.4 is 5.32 Å². The van der Waals surface area contributed by atoms with Crippen molar-refractivity contribution in [2.24, 2.45) is 0 Å². The van der Waals surface area contributed by atoms with Gasteiger partial charge in [-0.15, -0.1) is 0 Å². The second kappa shape index (κ2) is 7.29. The number of hydrogen-bond acceptors (Lipinski definition) is 5. The van der Waals surface area contributed by atoms with Crippen molar-refractivity contribution in [1.29, 1.82) is 0 Å². The Kier molecular flexibility index (Phi) is 5.73. The van der Waals surface area contributed by atoms with Gasteiger partial charge in [0.2, 0.25) is 5.91 Å². The molecule has 0 aliphatic carbocycles. The standard InChI is InChI=1S/C12H16N2O6/c1-8(14(6-10(15)16)7-11(17)18)12(19)13-5-9-3-2-4-20-9/h2-4,8H,5-7H2,1H3,(H,13,19)(H,15,16)(H,17,18). The minimum Gasteiger partial charge on any atom is -0.480 e. The number of nitrogens with zero attached hydrogens (tertiary/aromatic N) is 1. The highest BCUT2D eigenvalue weighted by atomic mass is 16.4. The molecule has 0 radical (unpaired) electrons. The van der Waals surface area contributed by atoms with Crippen LogP contribution in [0.2, 0.25) is 0 Å². The molecule has 8 nitrogen and oxygen atoms in total. The van der Waals surface area contributed by atoms with E-state index in [9.17, 15) is 14.4 Å². The summed E-state index contributed by atoms with van der Waals surface area (Å²) in [4.78, 5) is 34.3. The minimum absolute atomic E-state index is 0.157. The summed E-state index contributed by atoms with van der Waals surface area (Å²) in [7, 11) is 0. The molecule has 1 rings (SSSR count). The van der Waals surface area contributed by atoms with Gasteiger partial charge in [-0.05, 0) is 19.1 Å². The topological polar surface area (TPSA) is 120 Å². The van der Waals surface area contributed by atoms with Crippen LogP contribution in [-0.2, 0) is 20.9 Å². The highest BCUT2D eigenvalue weighted by molar-refractivity contribution is 5.83. The zero-order chi connectivity index (χ0) is 15.1. The average Bonchev–Trinajstić information content (AvgIpc) is 2.86. The first-order valence-electron chi connectivity index (χ1n) is 5.88. The van der Waals surface area contributed by atoms with Crippen LogP contribution >= 0.6 is 0 Å². The summed E-state index contributed by atoms with van der Waals surface area (Å²) < 4.78 is 5.04. The molecule has 1 atom stereocenters. The van der Waals surface area contributed by atoms with E-state index in [-0.39, 0.29) is 6.54 Å². The van der Waals surface area contributed by atoms with Gasteiger partial charge in [-0.1, -0.05) is 0 Å². The third kappa shape index (κ3) is 5.11. The molecule has 1 heterocycles. The van der Waals surface area contributed by atoms with Gasteiger partial charge in [0.1, 0.15) is 5.76 Å². The normalized spacial score (nSPS) is 12.1. The lowest BCUT2D eigenvalue weighted by molar-refractivity contribution is -0.143. The summed E-state index contributed by atoms with van der Waals surface area (Å²) in [6, 6.07) is 2.47. The molecule has 110 valence electrons. The first-order valence-corrected chi connectivity index (χ1v) is 5.88. The summed E-state index contributed by atoms with van der Waals surface area (Å²) in [5.41, 5.74) is 0. The molecule has 3 N–H and O–H groups in total. The van der Waals surface area contributed by atoms with Crippen molar-refractivity contribution in [3.05, 3.63) is 24.2 Å². The monoisotopic (exact) mass is 284 g/mol. The van der Waals surface area contributed by atoms with Crippen molar-refractivity contribution in [3.63, 3.8) is 0 Å². The van der Waals surface area contributed by atoms with Crippen LogP contribution in [-0.4, -0.2) is 52.1 Å². The molecular formula is C12H16N2O6. The van der Waals surface area contributed by atoms with Gasteiger partial charge in [0.05, 0.1) is 31.9 Å². The molecule has 1 unspecified atom stereocenters.